The highest BCUT2D eigenvalue weighted by Gasteiger charge is 2.38. The van der Waals surface area contributed by atoms with Gasteiger partial charge in [0.05, 0.1) is 6.10 Å². The van der Waals surface area contributed by atoms with E-state index in [4.69, 9.17) is 0 Å². The third-order valence-electron chi connectivity index (χ3n) is 3.68. The largest absolute Gasteiger partial charge is 0.392 e. The summed E-state index contributed by atoms with van der Waals surface area (Å²) in [6, 6.07) is 6.48. The molecule has 1 N–H and O–H groups in total. The van der Waals surface area contributed by atoms with Gasteiger partial charge < -0.3 is 5.11 Å². The molecule has 1 saturated carbocycles. The molecule has 3 unspecified atom stereocenters. The van der Waals surface area contributed by atoms with Crippen LogP contribution in [0.4, 0.5) is 0 Å². The van der Waals surface area contributed by atoms with Gasteiger partial charge in [-0.15, -0.1) is 0 Å². The average molecular weight is 204 g/mol. The molecular formula is C14H20O. The maximum absolute atomic E-state index is 9.97. The summed E-state index contributed by atoms with van der Waals surface area (Å²) in [4.78, 5) is 0. The average Bonchev–Trinajstić information content (AvgIpc) is 2.89. The van der Waals surface area contributed by atoms with Gasteiger partial charge in [-0.1, -0.05) is 25.1 Å². The maximum Gasteiger partial charge on any atom is 0.0611 e. The first-order chi connectivity index (χ1) is 7.08. The molecule has 1 aliphatic carbocycles. The fourth-order valence-electron chi connectivity index (χ4n) is 2.21. The molecule has 0 aliphatic heterocycles. The minimum atomic E-state index is -0.137. The SMILES string of the molecule is Cc1ccc(CC(O)C2CC2C)cc1C. The van der Waals surface area contributed by atoms with Gasteiger partial charge in [0.15, 0.2) is 0 Å². The summed E-state index contributed by atoms with van der Waals surface area (Å²) in [5, 5.41) is 9.97. The van der Waals surface area contributed by atoms with E-state index in [1.165, 1.54) is 23.1 Å². The molecule has 1 aromatic carbocycles. The molecule has 0 bridgehead atoms. The third-order valence-corrected chi connectivity index (χ3v) is 3.68. The van der Waals surface area contributed by atoms with E-state index in [9.17, 15) is 5.11 Å². The predicted molar refractivity (Wildman–Crippen MR) is 62.9 cm³/mol. The molecule has 0 radical (unpaired) electrons. The second kappa shape index (κ2) is 3.97. The molecule has 1 aliphatic rings. The Morgan fingerprint density at radius 2 is 2.00 bits per heavy atom. The van der Waals surface area contributed by atoms with Crippen LogP contribution in [0.25, 0.3) is 0 Å². The number of hydrogen-bond acceptors (Lipinski definition) is 1. The number of rotatable bonds is 3. The standard InChI is InChI=1S/C14H20O/c1-9-4-5-12(6-10(9)2)8-14(15)13-7-11(13)3/h4-6,11,13-15H,7-8H2,1-3H3. The van der Waals surface area contributed by atoms with Crippen LogP contribution >= 0.6 is 0 Å². The van der Waals surface area contributed by atoms with Gasteiger partial charge in [-0.2, -0.15) is 0 Å². The molecule has 0 amide bonds. The molecule has 0 spiro atoms. The van der Waals surface area contributed by atoms with Crippen LogP contribution in [0.5, 0.6) is 0 Å². The quantitative estimate of drug-likeness (QED) is 0.802. The molecule has 0 heterocycles. The van der Waals surface area contributed by atoms with Crippen molar-refractivity contribution in [3.8, 4) is 0 Å². The first-order valence-electron chi connectivity index (χ1n) is 5.82. The monoisotopic (exact) mass is 204 g/mol. The van der Waals surface area contributed by atoms with Gasteiger partial charge in [0.25, 0.3) is 0 Å². The van der Waals surface area contributed by atoms with Crippen LogP contribution in [-0.2, 0) is 6.42 Å². The highest BCUT2D eigenvalue weighted by Crippen LogP contribution is 2.41. The van der Waals surface area contributed by atoms with E-state index < -0.39 is 0 Å². The first-order valence-corrected chi connectivity index (χ1v) is 5.82. The van der Waals surface area contributed by atoms with E-state index in [0.717, 1.165) is 12.3 Å². The minimum absolute atomic E-state index is 0.137. The van der Waals surface area contributed by atoms with Gasteiger partial charge in [0.2, 0.25) is 0 Å². The number of aryl methyl sites for hydroxylation is 2. The zero-order chi connectivity index (χ0) is 11.0. The van der Waals surface area contributed by atoms with Crippen molar-refractivity contribution in [1.29, 1.82) is 0 Å². The summed E-state index contributed by atoms with van der Waals surface area (Å²) < 4.78 is 0. The second-order valence-corrected chi connectivity index (χ2v) is 5.07. The van der Waals surface area contributed by atoms with Gasteiger partial charge >= 0.3 is 0 Å². The number of benzene rings is 1. The van der Waals surface area contributed by atoms with Crippen LogP contribution in [0.1, 0.15) is 30.0 Å². The van der Waals surface area contributed by atoms with E-state index in [1.54, 1.807) is 0 Å². The molecule has 82 valence electrons. The highest BCUT2D eigenvalue weighted by molar-refractivity contribution is 5.30. The van der Waals surface area contributed by atoms with Gasteiger partial charge in [-0.25, -0.2) is 0 Å². The van der Waals surface area contributed by atoms with Gasteiger partial charge in [-0.05, 0) is 55.2 Å². The Balaban J connectivity index is 2.01. The summed E-state index contributed by atoms with van der Waals surface area (Å²) in [5.74, 6) is 1.28. The van der Waals surface area contributed by atoms with Crippen molar-refractivity contribution in [2.45, 2.75) is 39.7 Å². The number of aliphatic hydroxyl groups excluding tert-OH is 1. The van der Waals surface area contributed by atoms with Crippen LogP contribution < -0.4 is 0 Å². The molecule has 1 nitrogen and oxygen atoms in total. The van der Waals surface area contributed by atoms with Gasteiger partial charge in [0, 0.05) is 0 Å². The predicted octanol–water partition coefficient (Wildman–Crippen LogP) is 2.86. The van der Waals surface area contributed by atoms with E-state index in [0.29, 0.717) is 5.92 Å². The lowest BCUT2D eigenvalue weighted by Crippen LogP contribution is -2.14. The summed E-state index contributed by atoms with van der Waals surface area (Å²) in [5.41, 5.74) is 3.92. The Morgan fingerprint density at radius 1 is 1.33 bits per heavy atom. The molecule has 3 atom stereocenters. The molecule has 0 saturated heterocycles. The van der Waals surface area contributed by atoms with Crippen LogP contribution in [0, 0.1) is 25.7 Å². The summed E-state index contributed by atoms with van der Waals surface area (Å²) in [7, 11) is 0. The lowest BCUT2D eigenvalue weighted by Gasteiger charge is -2.11. The van der Waals surface area contributed by atoms with Crippen molar-refractivity contribution in [1.82, 2.24) is 0 Å². The Labute approximate surface area is 92.1 Å². The molecule has 1 aromatic rings. The molecule has 1 fully saturated rings. The fraction of sp³-hybridized carbons (Fsp3) is 0.571. The van der Waals surface area contributed by atoms with Crippen molar-refractivity contribution in [3.05, 3.63) is 34.9 Å². The van der Waals surface area contributed by atoms with Crippen molar-refractivity contribution in [3.63, 3.8) is 0 Å². The summed E-state index contributed by atoms with van der Waals surface area (Å²) in [6.45, 7) is 6.47. The number of hydrogen-bond donors (Lipinski definition) is 1. The zero-order valence-corrected chi connectivity index (χ0v) is 9.83. The van der Waals surface area contributed by atoms with E-state index in [-0.39, 0.29) is 6.10 Å². The molecule has 1 heteroatoms. The summed E-state index contributed by atoms with van der Waals surface area (Å²) in [6.07, 6.45) is 1.88. The van der Waals surface area contributed by atoms with Crippen LogP contribution in [0.2, 0.25) is 0 Å². The van der Waals surface area contributed by atoms with Crippen molar-refractivity contribution in [2.75, 3.05) is 0 Å². The summed E-state index contributed by atoms with van der Waals surface area (Å²) >= 11 is 0. The van der Waals surface area contributed by atoms with E-state index in [2.05, 4.69) is 39.0 Å². The van der Waals surface area contributed by atoms with Crippen molar-refractivity contribution >= 4 is 0 Å². The first kappa shape index (κ1) is 10.7. The second-order valence-electron chi connectivity index (χ2n) is 5.07. The van der Waals surface area contributed by atoms with E-state index >= 15 is 0 Å². The molecule has 0 aromatic heterocycles. The van der Waals surface area contributed by atoms with Gasteiger partial charge in [0.1, 0.15) is 0 Å². The lowest BCUT2D eigenvalue weighted by molar-refractivity contribution is 0.146. The molecule has 2 rings (SSSR count). The number of aliphatic hydroxyl groups is 1. The minimum Gasteiger partial charge on any atom is -0.392 e. The Morgan fingerprint density at radius 3 is 2.53 bits per heavy atom. The fourth-order valence-corrected chi connectivity index (χ4v) is 2.21. The smallest absolute Gasteiger partial charge is 0.0611 e. The van der Waals surface area contributed by atoms with E-state index in [1.807, 2.05) is 0 Å². The van der Waals surface area contributed by atoms with Crippen LogP contribution in [-0.4, -0.2) is 11.2 Å². The Hall–Kier alpha value is -0.820. The Kier molecular flexibility index (Phi) is 2.83. The van der Waals surface area contributed by atoms with Gasteiger partial charge in [-0.3, -0.25) is 0 Å². The Bertz CT molecular complexity index is 356. The van der Waals surface area contributed by atoms with Crippen LogP contribution in [0.3, 0.4) is 0 Å². The lowest BCUT2D eigenvalue weighted by atomic mass is 10.00. The highest BCUT2D eigenvalue weighted by atomic mass is 16.3. The maximum atomic E-state index is 9.97. The molecule has 15 heavy (non-hydrogen) atoms. The molecular weight excluding hydrogens is 184 g/mol. The normalized spacial score (nSPS) is 26.4. The van der Waals surface area contributed by atoms with Crippen LogP contribution in [0.15, 0.2) is 18.2 Å². The van der Waals surface area contributed by atoms with Crippen molar-refractivity contribution in [2.24, 2.45) is 11.8 Å². The third kappa shape index (κ3) is 2.40. The zero-order valence-electron chi connectivity index (χ0n) is 9.83. The topological polar surface area (TPSA) is 20.2 Å². The van der Waals surface area contributed by atoms with Crippen molar-refractivity contribution < 1.29 is 5.11 Å².